The SMILES string of the molecule is CCC(C)NC(=O)c1cc2cccc(Cl)c2oc1=O. The van der Waals surface area contributed by atoms with E-state index in [1.165, 1.54) is 6.07 Å². The molecule has 0 saturated carbocycles. The van der Waals surface area contributed by atoms with Crippen LogP contribution in [-0.2, 0) is 0 Å². The van der Waals surface area contributed by atoms with Gasteiger partial charge in [0.05, 0.1) is 5.02 Å². The van der Waals surface area contributed by atoms with Crippen LogP contribution < -0.4 is 10.9 Å². The fourth-order valence-electron chi connectivity index (χ4n) is 1.67. The van der Waals surface area contributed by atoms with Gasteiger partial charge < -0.3 is 9.73 Å². The van der Waals surface area contributed by atoms with Crippen molar-refractivity contribution in [2.75, 3.05) is 0 Å². The van der Waals surface area contributed by atoms with Crippen molar-refractivity contribution in [3.8, 4) is 0 Å². The van der Waals surface area contributed by atoms with Crippen molar-refractivity contribution >= 4 is 28.5 Å². The normalized spacial score (nSPS) is 12.4. The number of para-hydroxylation sites is 1. The van der Waals surface area contributed by atoms with Gasteiger partial charge in [-0.2, -0.15) is 0 Å². The lowest BCUT2D eigenvalue weighted by molar-refractivity contribution is 0.0935. The first kappa shape index (κ1) is 13.6. The minimum absolute atomic E-state index is 0.00181. The van der Waals surface area contributed by atoms with Gasteiger partial charge in [0.25, 0.3) is 5.91 Å². The van der Waals surface area contributed by atoms with Crippen LogP contribution in [0.3, 0.4) is 0 Å². The van der Waals surface area contributed by atoms with E-state index in [4.69, 9.17) is 16.0 Å². The molecule has 1 heterocycles. The lowest BCUT2D eigenvalue weighted by atomic mass is 10.1. The number of carbonyl (C=O) groups is 1. The Kier molecular flexibility index (Phi) is 3.90. The lowest BCUT2D eigenvalue weighted by Crippen LogP contribution is -2.34. The van der Waals surface area contributed by atoms with E-state index in [2.05, 4.69) is 5.32 Å². The fraction of sp³-hybridized carbons (Fsp3) is 0.286. The monoisotopic (exact) mass is 279 g/mol. The third-order valence-electron chi connectivity index (χ3n) is 2.95. The molecule has 0 aliphatic rings. The van der Waals surface area contributed by atoms with E-state index in [0.717, 1.165) is 6.42 Å². The number of fused-ring (bicyclic) bond motifs is 1. The molecule has 4 nitrogen and oxygen atoms in total. The standard InChI is InChI=1S/C14H14ClNO3/c1-3-8(2)16-13(17)10-7-9-5-4-6-11(15)12(9)19-14(10)18/h4-8H,3H2,1-2H3,(H,16,17). The summed E-state index contributed by atoms with van der Waals surface area (Å²) < 4.78 is 5.11. The number of halogens is 1. The molecule has 0 aliphatic carbocycles. The van der Waals surface area contributed by atoms with Crippen molar-refractivity contribution in [2.24, 2.45) is 0 Å². The summed E-state index contributed by atoms with van der Waals surface area (Å²) in [6.45, 7) is 3.82. The molecule has 1 amide bonds. The van der Waals surface area contributed by atoms with Crippen LogP contribution in [0.15, 0.2) is 33.5 Å². The van der Waals surface area contributed by atoms with E-state index in [9.17, 15) is 9.59 Å². The number of nitrogens with one attached hydrogen (secondary N) is 1. The van der Waals surface area contributed by atoms with Crippen LogP contribution >= 0.6 is 11.6 Å². The van der Waals surface area contributed by atoms with E-state index in [1.807, 2.05) is 13.8 Å². The molecule has 0 bridgehead atoms. The van der Waals surface area contributed by atoms with Gasteiger partial charge in [-0.15, -0.1) is 0 Å². The number of amides is 1. The molecule has 1 aromatic heterocycles. The summed E-state index contributed by atoms with van der Waals surface area (Å²) in [5.74, 6) is -0.426. The average molecular weight is 280 g/mol. The Balaban J connectivity index is 2.48. The van der Waals surface area contributed by atoms with Gasteiger partial charge in [-0.3, -0.25) is 4.79 Å². The average Bonchev–Trinajstić information content (AvgIpc) is 2.39. The molecular weight excluding hydrogens is 266 g/mol. The van der Waals surface area contributed by atoms with Crippen LogP contribution in [0.5, 0.6) is 0 Å². The number of rotatable bonds is 3. The van der Waals surface area contributed by atoms with Gasteiger partial charge >= 0.3 is 5.63 Å². The smallest absolute Gasteiger partial charge is 0.349 e. The molecule has 0 aliphatic heterocycles. The van der Waals surface area contributed by atoms with Crippen LogP contribution in [0.1, 0.15) is 30.6 Å². The molecule has 0 saturated heterocycles. The van der Waals surface area contributed by atoms with Gasteiger partial charge in [-0.25, -0.2) is 4.79 Å². The molecule has 19 heavy (non-hydrogen) atoms. The number of hydrogen-bond acceptors (Lipinski definition) is 3. The highest BCUT2D eigenvalue weighted by atomic mass is 35.5. The van der Waals surface area contributed by atoms with E-state index >= 15 is 0 Å². The quantitative estimate of drug-likeness (QED) is 0.879. The maximum Gasteiger partial charge on any atom is 0.349 e. The highest BCUT2D eigenvalue weighted by Crippen LogP contribution is 2.22. The van der Waals surface area contributed by atoms with Gasteiger partial charge in [0.2, 0.25) is 0 Å². The van der Waals surface area contributed by atoms with Crippen molar-refractivity contribution in [1.82, 2.24) is 5.32 Å². The third-order valence-corrected chi connectivity index (χ3v) is 3.24. The Hall–Kier alpha value is -1.81. The summed E-state index contributed by atoms with van der Waals surface area (Å²) in [4.78, 5) is 23.8. The first-order valence-corrected chi connectivity index (χ1v) is 6.44. The van der Waals surface area contributed by atoms with E-state index in [0.29, 0.717) is 16.0 Å². The second-order valence-electron chi connectivity index (χ2n) is 4.39. The molecule has 1 aromatic carbocycles. The highest BCUT2D eigenvalue weighted by molar-refractivity contribution is 6.34. The molecule has 1 atom stereocenters. The van der Waals surface area contributed by atoms with Crippen LogP contribution in [-0.4, -0.2) is 11.9 Å². The van der Waals surface area contributed by atoms with Crippen molar-refractivity contribution in [2.45, 2.75) is 26.3 Å². The Labute approximate surface area is 115 Å². The van der Waals surface area contributed by atoms with Gasteiger partial charge in [-0.1, -0.05) is 30.7 Å². The zero-order valence-electron chi connectivity index (χ0n) is 10.7. The largest absolute Gasteiger partial charge is 0.421 e. The molecule has 1 N–H and O–H groups in total. The summed E-state index contributed by atoms with van der Waals surface area (Å²) >= 11 is 5.93. The number of carbonyl (C=O) groups excluding carboxylic acids is 1. The second-order valence-corrected chi connectivity index (χ2v) is 4.80. The third kappa shape index (κ3) is 2.79. The zero-order valence-corrected chi connectivity index (χ0v) is 11.5. The van der Waals surface area contributed by atoms with Crippen LogP contribution in [0, 0.1) is 0 Å². The summed E-state index contributed by atoms with van der Waals surface area (Å²) in [5, 5.41) is 3.71. The van der Waals surface area contributed by atoms with Crippen LogP contribution in [0.4, 0.5) is 0 Å². The minimum Gasteiger partial charge on any atom is -0.421 e. The Morgan fingerprint density at radius 2 is 2.21 bits per heavy atom. The van der Waals surface area contributed by atoms with Crippen molar-refractivity contribution in [3.63, 3.8) is 0 Å². The zero-order chi connectivity index (χ0) is 14.0. The molecule has 0 spiro atoms. The van der Waals surface area contributed by atoms with Gasteiger partial charge in [0.15, 0.2) is 5.58 Å². The Morgan fingerprint density at radius 3 is 2.89 bits per heavy atom. The van der Waals surface area contributed by atoms with Crippen molar-refractivity contribution < 1.29 is 9.21 Å². The number of benzene rings is 1. The summed E-state index contributed by atoms with van der Waals surface area (Å²) in [6, 6.07) is 6.61. The van der Waals surface area contributed by atoms with E-state index in [1.54, 1.807) is 18.2 Å². The number of hydrogen-bond donors (Lipinski definition) is 1. The molecule has 1 unspecified atom stereocenters. The second kappa shape index (κ2) is 5.45. The molecule has 0 radical (unpaired) electrons. The van der Waals surface area contributed by atoms with Gasteiger partial charge in [0, 0.05) is 11.4 Å². The lowest BCUT2D eigenvalue weighted by Gasteiger charge is -2.10. The molecule has 2 rings (SSSR count). The summed E-state index contributed by atoms with van der Waals surface area (Å²) in [7, 11) is 0. The summed E-state index contributed by atoms with van der Waals surface area (Å²) in [6.07, 6.45) is 0.788. The first-order valence-electron chi connectivity index (χ1n) is 6.06. The molecule has 0 fully saturated rings. The van der Waals surface area contributed by atoms with Crippen LogP contribution in [0.2, 0.25) is 5.02 Å². The van der Waals surface area contributed by atoms with E-state index in [-0.39, 0.29) is 11.6 Å². The summed E-state index contributed by atoms with van der Waals surface area (Å²) in [5.41, 5.74) is -0.384. The molecular formula is C14H14ClNO3. The van der Waals surface area contributed by atoms with Gasteiger partial charge in [0.1, 0.15) is 5.56 Å². The van der Waals surface area contributed by atoms with Crippen molar-refractivity contribution in [3.05, 3.63) is 45.3 Å². The highest BCUT2D eigenvalue weighted by Gasteiger charge is 2.15. The minimum atomic E-state index is -0.679. The Bertz CT molecular complexity index is 678. The molecule has 2 aromatic rings. The maximum absolute atomic E-state index is 12.0. The predicted molar refractivity (Wildman–Crippen MR) is 74.7 cm³/mol. The van der Waals surface area contributed by atoms with Crippen LogP contribution in [0.25, 0.3) is 11.0 Å². The molecule has 5 heteroatoms. The maximum atomic E-state index is 12.0. The predicted octanol–water partition coefficient (Wildman–Crippen LogP) is 2.97. The first-order chi connectivity index (χ1) is 9.02. The van der Waals surface area contributed by atoms with E-state index < -0.39 is 11.5 Å². The fourth-order valence-corrected chi connectivity index (χ4v) is 1.89. The van der Waals surface area contributed by atoms with Crippen molar-refractivity contribution in [1.29, 1.82) is 0 Å². The Morgan fingerprint density at radius 1 is 1.47 bits per heavy atom. The van der Waals surface area contributed by atoms with Gasteiger partial charge in [-0.05, 0) is 25.5 Å². The topological polar surface area (TPSA) is 59.3 Å². The molecule has 100 valence electrons.